The number of methoxy groups -OCH3 is 1. The quantitative estimate of drug-likeness (QED) is 0.743. The molecule has 2 aromatic carbocycles. The zero-order valence-electron chi connectivity index (χ0n) is 16.2. The van der Waals surface area contributed by atoms with Crippen molar-refractivity contribution in [2.45, 2.75) is 24.6 Å². The van der Waals surface area contributed by atoms with Gasteiger partial charge in [0.05, 0.1) is 31.1 Å². The molecule has 4 rings (SSSR count). The number of ether oxygens (including phenoxy) is 1. The Balaban J connectivity index is 1.65. The first kappa shape index (κ1) is 20.0. The minimum Gasteiger partial charge on any atom is -0.497 e. The number of amidine groups is 1. The minimum absolute atomic E-state index is 0.0625. The van der Waals surface area contributed by atoms with Crippen LogP contribution in [0.1, 0.15) is 11.1 Å². The molecule has 0 saturated carbocycles. The zero-order valence-corrected chi connectivity index (χ0v) is 17.9. The number of fused-ring (bicyclic) bond motifs is 1. The number of sulfone groups is 1. The third-order valence-corrected chi connectivity index (χ3v) is 8.27. The number of hydrogen-bond acceptors (Lipinski definition) is 5. The van der Waals surface area contributed by atoms with E-state index < -0.39 is 9.84 Å². The Bertz CT molecular complexity index is 1080. The highest BCUT2D eigenvalue weighted by molar-refractivity contribution is 8.16. The van der Waals surface area contributed by atoms with E-state index in [2.05, 4.69) is 4.99 Å². The summed E-state index contributed by atoms with van der Waals surface area (Å²) in [5, 5.41) is 0.428. The zero-order chi connectivity index (χ0) is 20.6. The van der Waals surface area contributed by atoms with Crippen LogP contribution in [0.2, 0.25) is 0 Å². The van der Waals surface area contributed by atoms with Crippen molar-refractivity contribution >= 4 is 38.4 Å². The molecule has 0 spiro atoms. The highest BCUT2D eigenvalue weighted by Crippen LogP contribution is 2.41. The summed E-state index contributed by atoms with van der Waals surface area (Å²) in [6.07, 6.45) is 0.214. The highest BCUT2D eigenvalue weighted by atomic mass is 32.2. The molecule has 0 N–H and O–H groups in total. The van der Waals surface area contributed by atoms with Crippen molar-refractivity contribution in [2.75, 3.05) is 23.5 Å². The van der Waals surface area contributed by atoms with Gasteiger partial charge in [0.25, 0.3) is 5.91 Å². The number of carbonyl (C=O) groups excluding carboxylic acids is 1. The van der Waals surface area contributed by atoms with Crippen LogP contribution in [0.5, 0.6) is 5.75 Å². The van der Waals surface area contributed by atoms with Crippen LogP contribution in [0.15, 0.2) is 53.5 Å². The Hall–Kier alpha value is -2.32. The number of carbonyl (C=O) groups is 1. The Morgan fingerprint density at radius 1 is 1.21 bits per heavy atom. The van der Waals surface area contributed by atoms with Crippen LogP contribution in [-0.2, 0) is 21.1 Å². The van der Waals surface area contributed by atoms with Crippen LogP contribution in [-0.4, -0.2) is 49.4 Å². The van der Waals surface area contributed by atoms with E-state index >= 15 is 0 Å². The molecule has 0 bridgehead atoms. The van der Waals surface area contributed by atoms with Gasteiger partial charge in [-0.15, -0.1) is 0 Å². The second-order valence-corrected chi connectivity index (χ2v) is 10.7. The second kappa shape index (κ2) is 7.84. The fraction of sp³-hybridized carbons (Fsp3) is 0.333. The molecule has 2 fully saturated rings. The summed E-state index contributed by atoms with van der Waals surface area (Å²) in [6.45, 7) is 1.98. The highest BCUT2D eigenvalue weighted by Gasteiger charge is 2.49. The van der Waals surface area contributed by atoms with Crippen molar-refractivity contribution in [3.05, 3.63) is 59.7 Å². The second-order valence-electron chi connectivity index (χ2n) is 7.33. The molecule has 2 aliphatic rings. The molecule has 1 amide bonds. The van der Waals surface area contributed by atoms with Gasteiger partial charge in [0.15, 0.2) is 15.0 Å². The molecular weight excluding hydrogens is 408 g/mol. The molecule has 6 nitrogen and oxygen atoms in total. The van der Waals surface area contributed by atoms with Gasteiger partial charge in [0.1, 0.15) is 5.75 Å². The van der Waals surface area contributed by atoms with Gasteiger partial charge >= 0.3 is 0 Å². The molecule has 152 valence electrons. The van der Waals surface area contributed by atoms with E-state index in [1.54, 1.807) is 7.11 Å². The number of amides is 1. The van der Waals surface area contributed by atoms with Crippen LogP contribution in [0.3, 0.4) is 0 Å². The normalized spacial score (nSPS) is 23.9. The van der Waals surface area contributed by atoms with Crippen LogP contribution in [0.25, 0.3) is 0 Å². The Labute approximate surface area is 174 Å². The lowest BCUT2D eigenvalue weighted by molar-refractivity contribution is -0.117. The topological polar surface area (TPSA) is 76.0 Å². The summed E-state index contributed by atoms with van der Waals surface area (Å²) in [7, 11) is -1.52. The fourth-order valence-corrected chi connectivity index (χ4v) is 7.70. The van der Waals surface area contributed by atoms with Gasteiger partial charge in [-0.3, -0.25) is 4.79 Å². The number of thioether (sulfide) groups is 1. The van der Waals surface area contributed by atoms with Crippen molar-refractivity contribution in [1.29, 1.82) is 0 Å². The number of aryl methyl sites for hydroxylation is 1. The maximum atomic E-state index is 12.7. The van der Waals surface area contributed by atoms with E-state index in [0.29, 0.717) is 10.9 Å². The van der Waals surface area contributed by atoms with Gasteiger partial charge in [0.2, 0.25) is 0 Å². The number of rotatable bonds is 4. The van der Waals surface area contributed by atoms with E-state index in [-0.39, 0.29) is 35.1 Å². The maximum Gasteiger partial charge on any atom is 0.252 e. The molecule has 0 radical (unpaired) electrons. The predicted molar refractivity (Wildman–Crippen MR) is 117 cm³/mol. The van der Waals surface area contributed by atoms with Gasteiger partial charge in [0, 0.05) is 17.0 Å². The lowest BCUT2D eigenvalue weighted by atomic mass is 10.1. The standard InChI is InChI=1S/C21H22N2O4S2/c1-14-5-3-6-15(9-14)10-20(24)22-21-23(16-7-4-8-17(11-16)27-2)18-12-29(25,26)13-19(18)28-21/h3-9,11,18-19H,10,12-13H2,1-2H3/t18-,19-/m0/s1. The van der Waals surface area contributed by atoms with Crippen LogP contribution < -0.4 is 9.64 Å². The molecule has 2 aromatic rings. The molecule has 29 heavy (non-hydrogen) atoms. The summed E-state index contributed by atoms with van der Waals surface area (Å²) < 4.78 is 29.7. The predicted octanol–water partition coefficient (Wildman–Crippen LogP) is 2.85. The van der Waals surface area contributed by atoms with Crippen LogP contribution >= 0.6 is 11.8 Å². The molecular formula is C21H22N2O4S2. The lowest BCUT2D eigenvalue weighted by Crippen LogP contribution is -2.37. The summed E-state index contributed by atoms with van der Waals surface area (Å²) in [5.74, 6) is 0.594. The smallest absolute Gasteiger partial charge is 0.252 e. The van der Waals surface area contributed by atoms with Crippen molar-refractivity contribution in [1.82, 2.24) is 0 Å². The monoisotopic (exact) mass is 430 g/mol. The van der Waals surface area contributed by atoms with Gasteiger partial charge in [-0.1, -0.05) is 47.7 Å². The van der Waals surface area contributed by atoms with E-state index in [0.717, 1.165) is 16.8 Å². The van der Waals surface area contributed by atoms with Crippen LogP contribution in [0, 0.1) is 6.92 Å². The number of aliphatic imine (C=N–C) groups is 1. The van der Waals surface area contributed by atoms with Crippen molar-refractivity contribution < 1.29 is 17.9 Å². The van der Waals surface area contributed by atoms with E-state index in [9.17, 15) is 13.2 Å². The minimum atomic E-state index is -3.10. The third-order valence-electron chi connectivity index (χ3n) is 5.06. The summed E-state index contributed by atoms with van der Waals surface area (Å²) in [6, 6.07) is 15.0. The molecule has 2 atom stereocenters. The van der Waals surface area contributed by atoms with Gasteiger partial charge in [-0.05, 0) is 24.6 Å². The van der Waals surface area contributed by atoms with E-state index in [4.69, 9.17) is 4.74 Å². The summed E-state index contributed by atoms with van der Waals surface area (Å²) >= 11 is 1.38. The maximum absolute atomic E-state index is 12.7. The van der Waals surface area contributed by atoms with E-state index in [1.807, 2.05) is 60.4 Å². The fourth-order valence-electron chi connectivity index (χ4n) is 3.77. The molecule has 2 aliphatic heterocycles. The Morgan fingerprint density at radius 2 is 2.00 bits per heavy atom. The molecule has 0 unspecified atom stereocenters. The first-order valence-electron chi connectivity index (χ1n) is 9.32. The molecule has 2 saturated heterocycles. The lowest BCUT2D eigenvalue weighted by Gasteiger charge is -2.24. The summed E-state index contributed by atoms with van der Waals surface area (Å²) in [5.41, 5.74) is 2.79. The molecule has 0 aromatic heterocycles. The number of hydrogen-bond donors (Lipinski definition) is 0. The molecule has 8 heteroatoms. The van der Waals surface area contributed by atoms with Crippen molar-refractivity contribution in [3.63, 3.8) is 0 Å². The number of benzene rings is 2. The van der Waals surface area contributed by atoms with Crippen molar-refractivity contribution in [2.24, 2.45) is 4.99 Å². The van der Waals surface area contributed by atoms with E-state index in [1.165, 1.54) is 11.8 Å². The molecule has 2 heterocycles. The summed E-state index contributed by atoms with van der Waals surface area (Å²) in [4.78, 5) is 18.9. The largest absolute Gasteiger partial charge is 0.497 e. The molecule has 0 aliphatic carbocycles. The average Bonchev–Trinajstić information content (AvgIpc) is 3.12. The van der Waals surface area contributed by atoms with Crippen molar-refractivity contribution in [3.8, 4) is 5.75 Å². The average molecular weight is 431 g/mol. The third kappa shape index (κ3) is 4.33. The number of anilines is 1. The van der Waals surface area contributed by atoms with Gasteiger partial charge in [-0.2, -0.15) is 4.99 Å². The van der Waals surface area contributed by atoms with Crippen LogP contribution in [0.4, 0.5) is 5.69 Å². The first-order valence-corrected chi connectivity index (χ1v) is 12.0. The SMILES string of the molecule is COc1cccc(N2C(=NC(=O)Cc3cccc(C)c3)S[C@H]3CS(=O)(=O)C[C@@H]32)c1. The Morgan fingerprint density at radius 3 is 2.76 bits per heavy atom. The van der Waals surface area contributed by atoms with Gasteiger partial charge in [-0.25, -0.2) is 8.42 Å². The number of nitrogens with zero attached hydrogens (tertiary/aromatic N) is 2. The Kier molecular flexibility index (Phi) is 5.40. The van der Waals surface area contributed by atoms with Gasteiger partial charge < -0.3 is 9.64 Å². The first-order chi connectivity index (χ1) is 13.8.